The molecule has 1 aromatic rings. The molecule has 17 heavy (non-hydrogen) atoms. The minimum absolute atomic E-state index is 0.274. The summed E-state index contributed by atoms with van der Waals surface area (Å²) in [6.07, 6.45) is 3.71. The SMILES string of the molecule is CC(CN1CCCCc2ccccc21)C(N)=S. The molecular weight excluding hydrogens is 228 g/mol. The first kappa shape index (κ1) is 12.4. The van der Waals surface area contributed by atoms with Crippen LogP contribution in [0.4, 0.5) is 5.69 Å². The van der Waals surface area contributed by atoms with E-state index in [0.717, 1.165) is 13.1 Å². The van der Waals surface area contributed by atoms with Gasteiger partial charge in [-0.2, -0.15) is 0 Å². The lowest BCUT2D eigenvalue weighted by Crippen LogP contribution is -2.34. The maximum atomic E-state index is 5.72. The van der Waals surface area contributed by atoms with Gasteiger partial charge in [0, 0.05) is 24.7 Å². The van der Waals surface area contributed by atoms with Crippen LogP contribution in [0.1, 0.15) is 25.3 Å². The van der Waals surface area contributed by atoms with Crippen molar-refractivity contribution in [3.63, 3.8) is 0 Å². The van der Waals surface area contributed by atoms with Crippen LogP contribution < -0.4 is 10.6 Å². The number of anilines is 1. The van der Waals surface area contributed by atoms with E-state index in [-0.39, 0.29) is 5.92 Å². The summed E-state index contributed by atoms with van der Waals surface area (Å²) in [5.41, 5.74) is 8.54. The Morgan fingerprint density at radius 1 is 1.41 bits per heavy atom. The Labute approximate surface area is 109 Å². The maximum Gasteiger partial charge on any atom is 0.0773 e. The molecule has 1 aliphatic rings. The third-order valence-corrected chi connectivity index (χ3v) is 3.84. The average molecular weight is 248 g/mol. The van der Waals surface area contributed by atoms with Crippen LogP contribution in [0.15, 0.2) is 24.3 Å². The number of aryl methyl sites for hydroxylation is 1. The Hall–Kier alpha value is -1.09. The first-order valence-electron chi connectivity index (χ1n) is 6.30. The van der Waals surface area contributed by atoms with Gasteiger partial charge < -0.3 is 10.6 Å². The van der Waals surface area contributed by atoms with Crippen molar-refractivity contribution in [3.05, 3.63) is 29.8 Å². The van der Waals surface area contributed by atoms with Crippen LogP contribution in [-0.2, 0) is 6.42 Å². The van der Waals surface area contributed by atoms with Crippen LogP contribution in [0.5, 0.6) is 0 Å². The summed E-state index contributed by atoms with van der Waals surface area (Å²) in [6.45, 7) is 4.16. The molecule has 1 atom stereocenters. The first-order valence-corrected chi connectivity index (χ1v) is 6.71. The predicted molar refractivity (Wildman–Crippen MR) is 77.5 cm³/mol. The first-order chi connectivity index (χ1) is 8.18. The van der Waals surface area contributed by atoms with E-state index in [1.807, 2.05) is 0 Å². The number of nitrogens with zero attached hydrogens (tertiary/aromatic N) is 1. The molecule has 0 aromatic heterocycles. The molecule has 0 bridgehead atoms. The van der Waals surface area contributed by atoms with Crippen molar-refractivity contribution >= 4 is 22.9 Å². The summed E-state index contributed by atoms with van der Waals surface area (Å²) >= 11 is 5.07. The number of thiocarbonyl (C=S) groups is 1. The number of fused-ring (bicyclic) bond motifs is 1. The van der Waals surface area contributed by atoms with Crippen LogP contribution in [0.3, 0.4) is 0 Å². The Morgan fingerprint density at radius 2 is 2.18 bits per heavy atom. The van der Waals surface area contributed by atoms with Gasteiger partial charge in [-0.15, -0.1) is 0 Å². The predicted octanol–water partition coefficient (Wildman–Crippen LogP) is 2.75. The molecule has 1 unspecified atom stereocenters. The van der Waals surface area contributed by atoms with Gasteiger partial charge in [-0.25, -0.2) is 0 Å². The fourth-order valence-corrected chi connectivity index (χ4v) is 2.45. The van der Waals surface area contributed by atoms with Crippen molar-refractivity contribution in [2.45, 2.75) is 26.2 Å². The fraction of sp³-hybridized carbons (Fsp3) is 0.500. The van der Waals surface area contributed by atoms with Gasteiger partial charge in [0.1, 0.15) is 0 Å². The molecule has 1 aliphatic heterocycles. The summed E-state index contributed by atoms with van der Waals surface area (Å²) in [7, 11) is 0. The molecule has 0 saturated carbocycles. The summed E-state index contributed by atoms with van der Waals surface area (Å²) < 4.78 is 0. The zero-order valence-corrected chi connectivity index (χ0v) is 11.2. The van der Waals surface area contributed by atoms with E-state index < -0.39 is 0 Å². The molecular formula is C14H20N2S. The lowest BCUT2D eigenvalue weighted by Gasteiger charge is -2.27. The van der Waals surface area contributed by atoms with Gasteiger partial charge in [0.2, 0.25) is 0 Å². The van der Waals surface area contributed by atoms with Crippen LogP contribution >= 0.6 is 12.2 Å². The van der Waals surface area contributed by atoms with Gasteiger partial charge in [-0.1, -0.05) is 37.3 Å². The zero-order valence-electron chi connectivity index (χ0n) is 10.4. The Kier molecular flexibility index (Phi) is 4.00. The van der Waals surface area contributed by atoms with Crippen molar-refractivity contribution in [1.29, 1.82) is 0 Å². The number of benzene rings is 1. The Morgan fingerprint density at radius 3 is 2.94 bits per heavy atom. The van der Waals surface area contributed by atoms with Gasteiger partial charge in [0.05, 0.1) is 4.99 Å². The van der Waals surface area contributed by atoms with Gasteiger partial charge in [0.25, 0.3) is 0 Å². The van der Waals surface area contributed by atoms with Crippen molar-refractivity contribution in [2.24, 2.45) is 11.7 Å². The normalized spacial score (nSPS) is 17.1. The van der Waals surface area contributed by atoms with Crippen LogP contribution in [0, 0.1) is 5.92 Å². The standard InChI is InChI=1S/C14H20N2S/c1-11(14(15)17)10-16-9-5-4-7-12-6-2-3-8-13(12)16/h2-3,6,8,11H,4-5,7,9-10H2,1H3,(H2,15,17). The van der Waals surface area contributed by atoms with E-state index in [1.165, 1.54) is 30.5 Å². The average Bonchev–Trinajstić information content (AvgIpc) is 2.52. The maximum absolute atomic E-state index is 5.72. The summed E-state index contributed by atoms with van der Waals surface area (Å²) in [4.78, 5) is 3.05. The second kappa shape index (κ2) is 5.50. The number of nitrogens with two attached hydrogens (primary N) is 1. The van der Waals surface area contributed by atoms with Crippen molar-refractivity contribution < 1.29 is 0 Å². The highest BCUT2D eigenvalue weighted by atomic mass is 32.1. The molecule has 2 nitrogen and oxygen atoms in total. The molecule has 2 rings (SSSR count). The molecule has 1 aromatic carbocycles. The van der Waals surface area contributed by atoms with E-state index in [4.69, 9.17) is 18.0 Å². The molecule has 0 spiro atoms. The zero-order chi connectivity index (χ0) is 12.3. The van der Waals surface area contributed by atoms with Crippen LogP contribution in [0.25, 0.3) is 0 Å². The molecule has 92 valence electrons. The minimum atomic E-state index is 0.274. The van der Waals surface area contributed by atoms with Crippen LogP contribution in [-0.4, -0.2) is 18.1 Å². The third kappa shape index (κ3) is 2.97. The van der Waals surface area contributed by atoms with Gasteiger partial charge in [0.15, 0.2) is 0 Å². The van der Waals surface area contributed by atoms with Crippen molar-refractivity contribution in [1.82, 2.24) is 0 Å². The van der Waals surface area contributed by atoms with Crippen molar-refractivity contribution in [2.75, 3.05) is 18.0 Å². The molecule has 0 fully saturated rings. The second-order valence-corrected chi connectivity index (χ2v) is 5.31. The Balaban J connectivity index is 2.20. The molecule has 0 radical (unpaired) electrons. The highest BCUT2D eigenvalue weighted by Crippen LogP contribution is 2.26. The monoisotopic (exact) mass is 248 g/mol. The van der Waals surface area contributed by atoms with E-state index in [1.54, 1.807) is 0 Å². The topological polar surface area (TPSA) is 29.3 Å². The molecule has 0 aliphatic carbocycles. The molecule has 0 amide bonds. The number of hydrogen-bond donors (Lipinski definition) is 1. The van der Waals surface area contributed by atoms with Gasteiger partial charge >= 0.3 is 0 Å². The van der Waals surface area contributed by atoms with E-state index in [9.17, 15) is 0 Å². The highest BCUT2D eigenvalue weighted by molar-refractivity contribution is 7.80. The number of rotatable bonds is 3. The highest BCUT2D eigenvalue weighted by Gasteiger charge is 2.17. The summed E-state index contributed by atoms with van der Waals surface area (Å²) in [6, 6.07) is 8.69. The molecule has 1 heterocycles. The van der Waals surface area contributed by atoms with E-state index in [0.29, 0.717) is 4.99 Å². The van der Waals surface area contributed by atoms with Crippen LogP contribution in [0.2, 0.25) is 0 Å². The number of para-hydroxylation sites is 1. The lowest BCUT2D eigenvalue weighted by atomic mass is 10.1. The molecule has 0 saturated heterocycles. The molecule has 2 N–H and O–H groups in total. The summed E-state index contributed by atoms with van der Waals surface area (Å²) in [5, 5.41) is 0. The third-order valence-electron chi connectivity index (χ3n) is 3.44. The lowest BCUT2D eigenvalue weighted by molar-refractivity contribution is 0.664. The van der Waals surface area contributed by atoms with E-state index in [2.05, 4.69) is 36.1 Å². The van der Waals surface area contributed by atoms with Gasteiger partial charge in [-0.3, -0.25) is 0 Å². The number of hydrogen-bond acceptors (Lipinski definition) is 2. The van der Waals surface area contributed by atoms with E-state index >= 15 is 0 Å². The summed E-state index contributed by atoms with van der Waals surface area (Å²) in [5.74, 6) is 0.274. The smallest absolute Gasteiger partial charge is 0.0773 e. The van der Waals surface area contributed by atoms with Gasteiger partial charge in [-0.05, 0) is 30.9 Å². The Bertz CT molecular complexity index is 403. The minimum Gasteiger partial charge on any atom is -0.393 e. The van der Waals surface area contributed by atoms with Crippen molar-refractivity contribution in [3.8, 4) is 0 Å². The molecule has 3 heteroatoms. The largest absolute Gasteiger partial charge is 0.393 e. The quantitative estimate of drug-likeness (QED) is 0.834. The second-order valence-electron chi connectivity index (χ2n) is 4.84. The fourth-order valence-electron chi connectivity index (χ4n) is 2.38.